The number of carbonyl (C=O) groups excluding carboxylic acids is 1. The smallest absolute Gasteiger partial charge is 0.254 e. The van der Waals surface area contributed by atoms with Crippen LogP contribution in [0.2, 0.25) is 0 Å². The van der Waals surface area contributed by atoms with Gasteiger partial charge in [0.2, 0.25) is 0 Å². The monoisotopic (exact) mass is 206 g/mol. The third kappa shape index (κ3) is 1.99. The van der Waals surface area contributed by atoms with E-state index >= 15 is 0 Å². The van der Waals surface area contributed by atoms with Crippen molar-refractivity contribution in [3.63, 3.8) is 0 Å². The van der Waals surface area contributed by atoms with E-state index in [2.05, 4.69) is 4.98 Å². The number of aliphatic hydroxyl groups is 1. The van der Waals surface area contributed by atoms with E-state index in [4.69, 9.17) is 5.11 Å². The van der Waals surface area contributed by atoms with Crippen molar-refractivity contribution in [2.45, 2.75) is 18.9 Å². The van der Waals surface area contributed by atoms with Gasteiger partial charge in [-0.2, -0.15) is 0 Å². The van der Waals surface area contributed by atoms with Crippen LogP contribution in [0.25, 0.3) is 0 Å². The quantitative estimate of drug-likeness (QED) is 0.774. The van der Waals surface area contributed by atoms with Gasteiger partial charge >= 0.3 is 0 Å². The molecule has 2 heterocycles. The molecule has 1 aliphatic rings. The molecule has 1 saturated heterocycles. The van der Waals surface area contributed by atoms with Crippen molar-refractivity contribution in [2.24, 2.45) is 0 Å². The number of nitrogens with zero attached hydrogens (tertiary/aromatic N) is 2. The fourth-order valence-corrected chi connectivity index (χ4v) is 1.95. The average Bonchev–Trinajstić information content (AvgIpc) is 2.77. The van der Waals surface area contributed by atoms with Crippen LogP contribution >= 0.6 is 0 Å². The molecule has 0 aliphatic carbocycles. The normalized spacial score (nSPS) is 20.6. The largest absolute Gasteiger partial charge is 0.394 e. The Labute approximate surface area is 88.6 Å². The molecule has 1 aliphatic heterocycles. The number of rotatable bonds is 2. The van der Waals surface area contributed by atoms with Crippen molar-refractivity contribution < 1.29 is 9.90 Å². The highest BCUT2D eigenvalue weighted by Crippen LogP contribution is 2.19. The van der Waals surface area contributed by atoms with Gasteiger partial charge in [0, 0.05) is 24.5 Å². The van der Waals surface area contributed by atoms with Crippen LogP contribution in [0.15, 0.2) is 24.5 Å². The molecule has 15 heavy (non-hydrogen) atoms. The number of carbonyl (C=O) groups is 1. The summed E-state index contributed by atoms with van der Waals surface area (Å²) in [5.41, 5.74) is 0.644. The van der Waals surface area contributed by atoms with Crippen LogP contribution in [-0.4, -0.2) is 40.1 Å². The van der Waals surface area contributed by atoms with Crippen molar-refractivity contribution in [1.29, 1.82) is 0 Å². The minimum atomic E-state index is -0.00864. The Balaban J connectivity index is 2.14. The molecule has 0 saturated carbocycles. The summed E-state index contributed by atoms with van der Waals surface area (Å²) in [4.78, 5) is 17.6. The Morgan fingerprint density at radius 3 is 2.93 bits per heavy atom. The molecular weight excluding hydrogens is 192 g/mol. The predicted octanol–water partition coefficient (Wildman–Crippen LogP) is 0.678. The predicted molar refractivity (Wildman–Crippen MR) is 55.4 cm³/mol. The summed E-state index contributed by atoms with van der Waals surface area (Å²) in [6.07, 6.45) is 5.09. The standard InChI is InChI=1S/C11H14N2O2/c14-8-10-2-1-7-13(10)11(15)9-3-5-12-6-4-9/h3-6,10,14H,1-2,7-8H2/t10-/m0/s1. The molecule has 0 bridgehead atoms. The van der Waals surface area contributed by atoms with Crippen LogP contribution in [0.5, 0.6) is 0 Å². The Morgan fingerprint density at radius 1 is 1.53 bits per heavy atom. The van der Waals surface area contributed by atoms with Gasteiger partial charge in [-0.3, -0.25) is 9.78 Å². The van der Waals surface area contributed by atoms with Gasteiger partial charge in [-0.05, 0) is 25.0 Å². The minimum absolute atomic E-state index is 0.00560. The Bertz CT molecular complexity index is 340. The lowest BCUT2D eigenvalue weighted by molar-refractivity contribution is 0.0677. The summed E-state index contributed by atoms with van der Waals surface area (Å²) < 4.78 is 0. The van der Waals surface area contributed by atoms with Gasteiger partial charge in [-0.15, -0.1) is 0 Å². The molecule has 0 spiro atoms. The van der Waals surface area contributed by atoms with Crippen molar-refractivity contribution >= 4 is 5.91 Å². The molecule has 4 heteroatoms. The number of hydrogen-bond donors (Lipinski definition) is 1. The molecule has 1 amide bonds. The molecule has 1 atom stereocenters. The molecule has 2 rings (SSSR count). The van der Waals surface area contributed by atoms with E-state index in [-0.39, 0.29) is 18.6 Å². The van der Waals surface area contributed by atoms with Gasteiger partial charge in [0.1, 0.15) is 0 Å². The lowest BCUT2D eigenvalue weighted by Gasteiger charge is -2.22. The molecule has 0 radical (unpaired) electrons. The zero-order valence-electron chi connectivity index (χ0n) is 8.47. The topological polar surface area (TPSA) is 53.4 Å². The molecule has 1 fully saturated rings. The van der Waals surface area contributed by atoms with E-state index in [1.807, 2.05) is 0 Å². The second-order valence-corrected chi connectivity index (χ2v) is 3.71. The number of likely N-dealkylation sites (tertiary alicyclic amines) is 1. The fraction of sp³-hybridized carbons (Fsp3) is 0.455. The Kier molecular flexibility index (Phi) is 2.97. The van der Waals surface area contributed by atoms with Crippen molar-refractivity contribution in [1.82, 2.24) is 9.88 Å². The van der Waals surface area contributed by atoms with E-state index in [9.17, 15) is 4.79 Å². The highest BCUT2D eigenvalue weighted by atomic mass is 16.3. The first kappa shape index (κ1) is 10.1. The van der Waals surface area contributed by atoms with Gasteiger partial charge < -0.3 is 10.0 Å². The maximum absolute atomic E-state index is 12.0. The highest BCUT2D eigenvalue weighted by Gasteiger charge is 2.28. The summed E-state index contributed by atoms with van der Waals surface area (Å²) in [5.74, 6) is -0.00560. The molecule has 0 unspecified atom stereocenters. The first-order valence-corrected chi connectivity index (χ1v) is 5.15. The van der Waals surface area contributed by atoms with Crippen LogP contribution in [-0.2, 0) is 0 Å². The Morgan fingerprint density at radius 2 is 2.27 bits per heavy atom. The second-order valence-electron chi connectivity index (χ2n) is 3.71. The van der Waals surface area contributed by atoms with Gasteiger partial charge in [0.05, 0.1) is 12.6 Å². The summed E-state index contributed by atoms with van der Waals surface area (Å²) in [7, 11) is 0. The molecule has 80 valence electrons. The minimum Gasteiger partial charge on any atom is -0.394 e. The molecular formula is C11H14N2O2. The van der Waals surface area contributed by atoms with Crippen molar-refractivity contribution in [3.8, 4) is 0 Å². The average molecular weight is 206 g/mol. The third-order valence-electron chi connectivity index (χ3n) is 2.78. The first-order chi connectivity index (χ1) is 7.33. The fourth-order valence-electron chi connectivity index (χ4n) is 1.95. The number of amides is 1. The molecule has 1 aromatic heterocycles. The number of aromatic nitrogens is 1. The molecule has 0 aromatic carbocycles. The lowest BCUT2D eigenvalue weighted by atomic mass is 10.2. The maximum Gasteiger partial charge on any atom is 0.254 e. The SMILES string of the molecule is O=C(c1ccncc1)N1CCC[C@H]1CO. The summed E-state index contributed by atoms with van der Waals surface area (Å²) in [5, 5.41) is 9.13. The van der Waals surface area contributed by atoms with E-state index in [1.165, 1.54) is 0 Å². The van der Waals surface area contributed by atoms with E-state index in [0.717, 1.165) is 19.4 Å². The molecule has 1 aromatic rings. The number of hydrogen-bond acceptors (Lipinski definition) is 3. The highest BCUT2D eigenvalue weighted by molar-refractivity contribution is 5.94. The number of aliphatic hydroxyl groups excluding tert-OH is 1. The number of pyridine rings is 1. The molecule has 4 nitrogen and oxygen atoms in total. The van der Waals surface area contributed by atoms with Gasteiger partial charge in [0.25, 0.3) is 5.91 Å². The Hall–Kier alpha value is -1.42. The lowest BCUT2D eigenvalue weighted by Crippen LogP contribution is -2.37. The second kappa shape index (κ2) is 4.40. The van der Waals surface area contributed by atoms with E-state index in [1.54, 1.807) is 29.4 Å². The van der Waals surface area contributed by atoms with Gasteiger partial charge in [-0.1, -0.05) is 0 Å². The van der Waals surface area contributed by atoms with Gasteiger partial charge in [0.15, 0.2) is 0 Å². The van der Waals surface area contributed by atoms with Crippen molar-refractivity contribution in [2.75, 3.05) is 13.2 Å². The van der Waals surface area contributed by atoms with E-state index in [0.29, 0.717) is 5.56 Å². The summed E-state index contributed by atoms with van der Waals surface area (Å²) in [6.45, 7) is 0.795. The van der Waals surface area contributed by atoms with Crippen LogP contribution in [0.3, 0.4) is 0 Å². The van der Waals surface area contributed by atoms with Crippen molar-refractivity contribution in [3.05, 3.63) is 30.1 Å². The third-order valence-corrected chi connectivity index (χ3v) is 2.78. The van der Waals surface area contributed by atoms with E-state index < -0.39 is 0 Å². The zero-order valence-corrected chi connectivity index (χ0v) is 8.47. The summed E-state index contributed by atoms with van der Waals surface area (Å²) >= 11 is 0. The van der Waals surface area contributed by atoms with Gasteiger partial charge in [-0.25, -0.2) is 0 Å². The maximum atomic E-state index is 12.0. The van der Waals surface area contributed by atoms with Crippen LogP contribution in [0.1, 0.15) is 23.2 Å². The molecule has 1 N–H and O–H groups in total. The van der Waals surface area contributed by atoms with Crippen LogP contribution in [0.4, 0.5) is 0 Å². The summed E-state index contributed by atoms with van der Waals surface area (Å²) in [6, 6.07) is 3.40. The first-order valence-electron chi connectivity index (χ1n) is 5.15. The van der Waals surface area contributed by atoms with Crippen LogP contribution in [0, 0.1) is 0 Å². The van der Waals surface area contributed by atoms with Crippen LogP contribution < -0.4 is 0 Å². The zero-order chi connectivity index (χ0) is 10.7.